The number of benzene rings is 2. The highest BCUT2D eigenvalue weighted by molar-refractivity contribution is 8.14. The zero-order valence-corrected chi connectivity index (χ0v) is 20.4. The fraction of sp³-hybridized carbons (Fsp3) is 0.240. The minimum absolute atomic E-state index is 0.0512. The highest BCUT2D eigenvalue weighted by atomic mass is 35.5. The van der Waals surface area contributed by atoms with Crippen molar-refractivity contribution in [2.45, 2.75) is 24.8 Å². The molecule has 9 heteroatoms. The Morgan fingerprint density at radius 3 is 2.74 bits per heavy atom. The third kappa shape index (κ3) is 4.52. The number of hydrogen-bond acceptors (Lipinski definition) is 5. The van der Waals surface area contributed by atoms with Crippen molar-refractivity contribution < 1.29 is 9.18 Å². The van der Waals surface area contributed by atoms with Crippen LogP contribution in [0.3, 0.4) is 0 Å². The highest BCUT2D eigenvalue weighted by Crippen LogP contribution is 2.52. The molecule has 3 aromatic rings. The summed E-state index contributed by atoms with van der Waals surface area (Å²) in [5, 5.41) is 7.42. The van der Waals surface area contributed by atoms with Crippen LogP contribution in [0.1, 0.15) is 35.3 Å². The Hall–Kier alpha value is -2.61. The largest absolute Gasteiger partial charge is 0.335 e. The molecule has 2 N–H and O–H groups in total. The molecule has 5 rings (SSSR count). The summed E-state index contributed by atoms with van der Waals surface area (Å²) in [5.74, 6) is 0.238. The lowest BCUT2D eigenvalue weighted by Crippen LogP contribution is -2.37. The van der Waals surface area contributed by atoms with Crippen molar-refractivity contribution in [3.8, 4) is 0 Å². The molecule has 1 saturated carbocycles. The zero-order chi connectivity index (χ0) is 23.7. The molecule has 5 nitrogen and oxygen atoms in total. The van der Waals surface area contributed by atoms with E-state index in [4.69, 9.17) is 28.2 Å². The topological polar surface area (TPSA) is 66.4 Å². The van der Waals surface area contributed by atoms with E-state index < -0.39 is 11.4 Å². The normalized spacial score (nSPS) is 21.5. The van der Waals surface area contributed by atoms with Gasteiger partial charge < -0.3 is 10.6 Å². The van der Waals surface area contributed by atoms with Crippen molar-refractivity contribution >= 4 is 57.4 Å². The Kier molecular flexibility index (Phi) is 6.51. The van der Waals surface area contributed by atoms with E-state index in [2.05, 4.69) is 15.6 Å². The second-order valence-electron chi connectivity index (χ2n) is 8.37. The number of aliphatic imine (C=N–C) groups is 1. The SMILES string of the molecule is O=C(Nc1ccc(F)c([C@]23CCC[C@H]2CSC(Nc2ccccc2)=N3)c1)c1ncc(Cl)cc1Cl. The first kappa shape index (κ1) is 23.1. The van der Waals surface area contributed by atoms with Crippen LogP contribution in [-0.2, 0) is 5.54 Å². The van der Waals surface area contributed by atoms with Crippen molar-refractivity contribution in [3.05, 3.63) is 87.9 Å². The van der Waals surface area contributed by atoms with E-state index in [1.165, 1.54) is 24.4 Å². The number of carbonyl (C=O) groups is 1. The smallest absolute Gasteiger partial charge is 0.275 e. The predicted molar refractivity (Wildman–Crippen MR) is 138 cm³/mol. The third-order valence-corrected chi connectivity index (χ3v) is 7.78. The molecule has 2 aromatic carbocycles. The molecule has 2 atom stereocenters. The van der Waals surface area contributed by atoms with Crippen LogP contribution in [0.2, 0.25) is 10.0 Å². The molecule has 34 heavy (non-hydrogen) atoms. The van der Waals surface area contributed by atoms with Gasteiger partial charge in [-0.05, 0) is 55.2 Å². The second kappa shape index (κ2) is 9.56. The molecule has 174 valence electrons. The van der Waals surface area contributed by atoms with Crippen LogP contribution in [0.5, 0.6) is 0 Å². The monoisotopic (exact) mass is 514 g/mol. The summed E-state index contributed by atoms with van der Waals surface area (Å²) >= 11 is 13.7. The molecule has 2 aliphatic rings. The van der Waals surface area contributed by atoms with E-state index in [1.54, 1.807) is 17.8 Å². The molecule has 1 aliphatic carbocycles. The number of nitrogens with zero attached hydrogens (tertiary/aromatic N) is 2. The fourth-order valence-corrected chi connectivity index (χ4v) is 6.34. The Morgan fingerprint density at radius 2 is 1.94 bits per heavy atom. The van der Waals surface area contributed by atoms with Gasteiger partial charge in [0, 0.05) is 28.9 Å². The number of pyridine rings is 1. The van der Waals surface area contributed by atoms with Crippen LogP contribution in [0, 0.1) is 11.7 Å². The average molecular weight is 515 g/mol. The average Bonchev–Trinajstić information content (AvgIpc) is 3.25. The standard InChI is InChI=1S/C25H21Cl2FN4OS/c26-16-11-20(27)22(29-13-16)23(33)30-18-8-9-21(28)19(12-18)25-10-4-5-15(25)14-34-24(32-25)31-17-6-2-1-3-7-17/h1-3,6-9,11-13,15H,4-5,10,14H2,(H,30,33)(H,31,32)/t15-,25-/m0/s1. The molecular formula is C25H21Cl2FN4OS. The predicted octanol–water partition coefficient (Wildman–Crippen LogP) is 6.99. The molecule has 2 heterocycles. The number of amides is 1. The number of halogens is 3. The first-order valence-electron chi connectivity index (χ1n) is 10.9. The van der Waals surface area contributed by atoms with Crippen molar-refractivity contribution in [1.29, 1.82) is 0 Å². The Morgan fingerprint density at radius 1 is 1.12 bits per heavy atom. The highest BCUT2D eigenvalue weighted by Gasteiger charge is 2.48. The number of aromatic nitrogens is 1. The number of hydrogen-bond donors (Lipinski definition) is 2. The van der Waals surface area contributed by atoms with E-state index in [1.807, 2.05) is 30.3 Å². The summed E-state index contributed by atoms with van der Waals surface area (Å²) < 4.78 is 15.3. The lowest BCUT2D eigenvalue weighted by molar-refractivity contribution is 0.102. The van der Waals surface area contributed by atoms with Crippen LogP contribution in [0.25, 0.3) is 0 Å². The van der Waals surface area contributed by atoms with E-state index in [9.17, 15) is 4.79 Å². The molecule has 1 fully saturated rings. The fourth-order valence-electron chi connectivity index (χ4n) is 4.65. The van der Waals surface area contributed by atoms with Gasteiger partial charge in [0.1, 0.15) is 11.5 Å². The lowest BCUT2D eigenvalue weighted by atomic mass is 9.81. The van der Waals surface area contributed by atoms with Crippen molar-refractivity contribution in [2.24, 2.45) is 10.9 Å². The van der Waals surface area contributed by atoms with Gasteiger partial charge in [0.05, 0.1) is 15.6 Å². The molecule has 0 spiro atoms. The first-order valence-corrected chi connectivity index (χ1v) is 12.7. The van der Waals surface area contributed by atoms with E-state index in [0.29, 0.717) is 16.3 Å². The summed E-state index contributed by atoms with van der Waals surface area (Å²) in [6, 6.07) is 15.9. The number of amidine groups is 1. The van der Waals surface area contributed by atoms with E-state index >= 15 is 4.39 Å². The third-order valence-electron chi connectivity index (χ3n) is 6.25. The van der Waals surface area contributed by atoms with Crippen molar-refractivity contribution in [2.75, 3.05) is 16.4 Å². The van der Waals surface area contributed by atoms with Gasteiger partial charge >= 0.3 is 0 Å². The minimum Gasteiger partial charge on any atom is -0.335 e. The first-order chi connectivity index (χ1) is 16.4. The summed E-state index contributed by atoms with van der Waals surface area (Å²) in [6.45, 7) is 0. The summed E-state index contributed by atoms with van der Waals surface area (Å²) in [5.41, 5.74) is 1.27. The van der Waals surface area contributed by atoms with Crippen molar-refractivity contribution in [1.82, 2.24) is 4.98 Å². The molecular weight excluding hydrogens is 494 g/mol. The number of fused-ring (bicyclic) bond motifs is 1. The number of carbonyl (C=O) groups excluding carboxylic acids is 1. The van der Waals surface area contributed by atoms with Crippen LogP contribution >= 0.6 is 35.0 Å². The van der Waals surface area contributed by atoms with Gasteiger partial charge in [0.15, 0.2) is 5.17 Å². The second-order valence-corrected chi connectivity index (χ2v) is 10.2. The Balaban J connectivity index is 1.47. The number of nitrogens with one attached hydrogen (secondary N) is 2. The maximum absolute atomic E-state index is 15.3. The maximum Gasteiger partial charge on any atom is 0.275 e. The Bertz CT molecular complexity index is 1270. The van der Waals surface area contributed by atoms with Gasteiger partial charge in [-0.3, -0.25) is 9.79 Å². The van der Waals surface area contributed by atoms with Gasteiger partial charge in [-0.2, -0.15) is 0 Å². The van der Waals surface area contributed by atoms with Crippen LogP contribution in [0.15, 0.2) is 65.8 Å². The van der Waals surface area contributed by atoms with E-state index in [0.717, 1.165) is 35.9 Å². The summed E-state index contributed by atoms with van der Waals surface area (Å²) in [4.78, 5) is 21.9. The molecule has 1 aromatic heterocycles. The molecule has 1 aliphatic heterocycles. The molecule has 0 bridgehead atoms. The molecule has 0 saturated heterocycles. The van der Waals surface area contributed by atoms with Gasteiger partial charge in [0.25, 0.3) is 5.91 Å². The molecule has 1 amide bonds. The summed E-state index contributed by atoms with van der Waals surface area (Å²) in [7, 11) is 0. The van der Waals surface area contributed by atoms with Crippen molar-refractivity contribution in [3.63, 3.8) is 0 Å². The number of rotatable bonds is 4. The molecule has 0 radical (unpaired) electrons. The van der Waals surface area contributed by atoms with Gasteiger partial charge in [-0.1, -0.05) is 59.6 Å². The molecule has 0 unspecified atom stereocenters. The number of para-hydroxylation sites is 1. The van der Waals surface area contributed by atoms with Crippen LogP contribution in [-0.4, -0.2) is 21.8 Å². The van der Waals surface area contributed by atoms with Gasteiger partial charge in [-0.15, -0.1) is 0 Å². The summed E-state index contributed by atoms with van der Waals surface area (Å²) in [6.07, 6.45) is 4.05. The maximum atomic E-state index is 15.3. The Labute approximate surface area is 211 Å². The van der Waals surface area contributed by atoms with Crippen LogP contribution in [0.4, 0.5) is 15.8 Å². The van der Waals surface area contributed by atoms with Gasteiger partial charge in [0.2, 0.25) is 0 Å². The number of anilines is 2. The van der Waals surface area contributed by atoms with Crippen LogP contribution < -0.4 is 10.6 Å². The van der Waals surface area contributed by atoms with Gasteiger partial charge in [-0.25, -0.2) is 9.37 Å². The number of thioether (sulfide) groups is 1. The zero-order valence-electron chi connectivity index (χ0n) is 18.0. The quantitative estimate of drug-likeness (QED) is 0.393. The lowest BCUT2D eigenvalue weighted by Gasteiger charge is -2.37. The van der Waals surface area contributed by atoms with E-state index in [-0.39, 0.29) is 22.5 Å². The minimum atomic E-state index is -0.677.